The quantitative estimate of drug-likeness (QED) is 0.0221. The highest BCUT2D eigenvalue weighted by Crippen LogP contribution is 2.32. The molecule has 5 aromatic carbocycles. The summed E-state index contributed by atoms with van der Waals surface area (Å²) in [7, 11) is -9.23. The molecule has 18 heteroatoms. The fourth-order valence-corrected chi connectivity index (χ4v) is 6.08. The van der Waals surface area contributed by atoms with E-state index in [0.29, 0.717) is 27.5 Å². The van der Waals surface area contributed by atoms with Gasteiger partial charge in [-0.3, -0.25) is 19.1 Å². The Balaban J connectivity index is 1.28. The first-order valence-corrected chi connectivity index (χ1v) is 18.3. The monoisotopic (exact) mass is 769 g/mol. The highest BCUT2D eigenvalue weighted by molar-refractivity contribution is 7.86. The molecule has 54 heavy (non-hydrogen) atoms. The van der Waals surface area contributed by atoms with Gasteiger partial charge in [0.25, 0.3) is 32.4 Å². The number of phenols is 1. The lowest BCUT2D eigenvalue weighted by Gasteiger charge is -2.04. The summed E-state index contributed by atoms with van der Waals surface area (Å²) in [5, 5.41) is 40.5. The zero-order valence-corrected chi connectivity index (χ0v) is 29.6. The minimum absolute atomic E-state index is 0.0514. The molecule has 4 N–H and O–H groups in total. The van der Waals surface area contributed by atoms with Crippen molar-refractivity contribution in [2.24, 2.45) is 25.6 Å². The summed E-state index contributed by atoms with van der Waals surface area (Å²) in [5.41, 5.74) is 2.57. The van der Waals surface area contributed by atoms with Gasteiger partial charge in [-0.1, -0.05) is 36.4 Å². The van der Waals surface area contributed by atoms with Crippen LogP contribution in [0.4, 0.5) is 34.1 Å². The summed E-state index contributed by atoms with van der Waals surface area (Å²) in [5.74, 6) is -0.299. The number of hydrogen-bond acceptors (Lipinski definition) is 12. The Morgan fingerprint density at radius 1 is 0.611 bits per heavy atom. The van der Waals surface area contributed by atoms with E-state index in [4.69, 9.17) is 0 Å². The molecule has 0 atom stereocenters. The van der Waals surface area contributed by atoms with Gasteiger partial charge in [0, 0.05) is 18.2 Å². The van der Waals surface area contributed by atoms with Gasteiger partial charge in [-0.15, -0.1) is 0 Å². The number of rotatable bonds is 13. The molecule has 0 amide bonds. The van der Waals surface area contributed by atoms with Crippen LogP contribution in [0.5, 0.6) is 11.5 Å². The highest BCUT2D eigenvalue weighted by atomic mass is 32.2. The average Bonchev–Trinajstić information content (AvgIpc) is 3.14. The lowest BCUT2D eigenvalue weighted by molar-refractivity contribution is -0.761. The van der Waals surface area contributed by atoms with Crippen molar-refractivity contribution in [1.29, 1.82) is 0 Å². The predicted molar refractivity (Wildman–Crippen MR) is 196 cm³/mol. The van der Waals surface area contributed by atoms with Crippen molar-refractivity contribution in [2.45, 2.75) is 16.7 Å². The van der Waals surface area contributed by atoms with E-state index in [1.54, 1.807) is 55.5 Å². The van der Waals surface area contributed by atoms with E-state index >= 15 is 0 Å². The number of azo groups is 3. The molecule has 0 aromatic heterocycles. The second-order valence-electron chi connectivity index (χ2n) is 11.0. The van der Waals surface area contributed by atoms with Crippen molar-refractivity contribution in [3.63, 3.8) is 0 Å². The first-order chi connectivity index (χ1) is 25.7. The van der Waals surface area contributed by atoms with Gasteiger partial charge in [-0.25, -0.2) is 0 Å². The van der Waals surface area contributed by atoms with Crippen LogP contribution < -0.4 is 4.74 Å². The maximum Gasteiger partial charge on any atom is 0.298 e. The van der Waals surface area contributed by atoms with Gasteiger partial charge >= 0.3 is 0 Å². The van der Waals surface area contributed by atoms with E-state index in [-0.39, 0.29) is 51.1 Å². The lowest BCUT2D eigenvalue weighted by atomic mass is 10.1. The van der Waals surface area contributed by atoms with E-state index < -0.39 is 25.1 Å². The molecule has 0 bridgehead atoms. The molecular weight excluding hydrogens is 741 g/mol. The third-order valence-corrected chi connectivity index (χ3v) is 9.03. The second-order valence-corrected chi connectivity index (χ2v) is 13.8. The van der Waals surface area contributed by atoms with Crippen molar-refractivity contribution in [2.75, 3.05) is 0 Å². The molecule has 0 aliphatic heterocycles. The standard InChI is InChI=1S/C36H28N6O10S2/c1-2-3-25-9-11-31(22-36(25)54(49,50)51)41-42(45)32-17-5-24(6-18-32)4-7-26-8-10-30(21-35(26)53(46,47)48)40-38-28-14-12-27(13-15-28)37-39-29-16-19-33(44)34(20-29)52-23-43/h2-23H,1H3,(H3-,37,40,41,44,45,46,47,48,49,50,51)/p+1. The smallest absolute Gasteiger partial charge is 0.298 e. The van der Waals surface area contributed by atoms with Gasteiger partial charge in [0.15, 0.2) is 11.5 Å². The second kappa shape index (κ2) is 16.7. The first kappa shape index (κ1) is 38.5. The van der Waals surface area contributed by atoms with Crippen molar-refractivity contribution in [1.82, 2.24) is 0 Å². The van der Waals surface area contributed by atoms with E-state index in [2.05, 4.69) is 30.3 Å². The molecule has 0 fully saturated rings. The topological polar surface area (TPSA) is 240 Å². The zero-order valence-electron chi connectivity index (χ0n) is 27.9. The summed E-state index contributed by atoms with van der Waals surface area (Å²) < 4.78 is 72.4. The third kappa shape index (κ3) is 10.2. The molecule has 274 valence electrons. The van der Waals surface area contributed by atoms with Crippen molar-refractivity contribution < 1.29 is 50.6 Å². The van der Waals surface area contributed by atoms with Crippen LogP contribution >= 0.6 is 0 Å². The van der Waals surface area contributed by atoms with E-state index in [9.17, 15) is 41.0 Å². The molecule has 0 saturated carbocycles. The summed E-state index contributed by atoms with van der Waals surface area (Å²) in [6.07, 6.45) is 6.14. The fraction of sp³-hybridized carbons (Fsp3) is 0.0278. The summed E-state index contributed by atoms with van der Waals surface area (Å²) in [6, 6.07) is 24.8. The van der Waals surface area contributed by atoms with Gasteiger partial charge < -0.3 is 9.84 Å². The van der Waals surface area contributed by atoms with Crippen molar-refractivity contribution >= 4 is 79.1 Å². The largest absolute Gasteiger partial charge is 0.504 e. The molecule has 16 nitrogen and oxygen atoms in total. The van der Waals surface area contributed by atoms with Gasteiger partial charge in [-0.05, 0) is 96.4 Å². The van der Waals surface area contributed by atoms with E-state index in [1.165, 1.54) is 66.7 Å². The minimum Gasteiger partial charge on any atom is -0.504 e. The first-order valence-electron chi connectivity index (χ1n) is 15.4. The van der Waals surface area contributed by atoms with Crippen molar-refractivity contribution in [3.05, 3.63) is 126 Å². The molecule has 0 radical (unpaired) electrons. The normalized spacial score (nSPS) is 12.7. The van der Waals surface area contributed by atoms with Crippen LogP contribution in [0.2, 0.25) is 0 Å². The maximum atomic E-state index is 12.3. The Morgan fingerprint density at radius 3 is 1.65 bits per heavy atom. The van der Waals surface area contributed by atoms with Gasteiger partial charge in [0.1, 0.15) is 20.3 Å². The summed E-state index contributed by atoms with van der Waals surface area (Å²) >= 11 is 0. The number of benzene rings is 5. The zero-order chi connectivity index (χ0) is 38.9. The van der Waals surface area contributed by atoms with Crippen LogP contribution in [0.25, 0.3) is 18.2 Å². The van der Waals surface area contributed by atoms with Crippen molar-refractivity contribution in [3.8, 4) is 11.5 Å². The number of ether oxygens (including phenoxy) is 1. The van der Waals surface area contributed by atoms with Crippen LogP contribution in [-0.2, 0) is 25.0 Å². The fourth-order valence-electron chi connectivity index (χ4n) is 4.67. The number of hydrogen-bond donors (Lipinski definition) is 4. The minimum atomic E-state index is -4.68. The number of phenolic OH excluding ortho intramolecular Hbond substituents is 1. The number of carbonyl (C=O) groups excluding carboxylic acids is 1. The van der Waals surface area contributed by atoms with Crippen LogP contribution in [0.3, 0.4) is 0 Å². The van der Waals surface area contributed by atoms with Crippen LogP contribution in [-0.4, -0.2) is 47.6 Å². The number of aromatic hydroxyl groups is 1. The molecule has 0 saturated heterocycles. The Kier molecular flexibility index (Phi) is 11.9. The molecule has 5 rings (SSSR count). The lowest BCUT2D eigenvalue weighted by Crippen LogP contribution is -2.01. The molecule has 0 aliphatic carbocycles. The SMILES string of the molecule is CC=Cc1ccc(N=[N+](O)c2ccc(C=Cc3ccc(N=Nc4ccc(N=Nc5ccc(O)c(OC=O)c5)cc4)cc3S(=O)(=O)O)cc2)cc1S(=O)(=O)O. The number of nitrogens with zero attached hydrogens (tertiary/aromatic N) is 6. The maximum absolute atomic E-state index is 12.3. The summed E-state index contributed by atoms with van der Waals surface area (Å²) in [6.45, 7) is 1.87. The summed E-state index contributed by atoms with van der Waals surface area (Å²) in [4.78, 5) is 10.3. The third-order valence-electron chi connectivity index (χ3n) is 7.22. The predicted octanol–water partition coefficient (Wildman–Crippen LogP) is 9.27. The Labute approximate surface area is 308 Å². The average molecular weight is 770 g/mol. The van der Waals surface area contributed by atoms with Crippen LogP contribution in [0, 0.1) is 0 Å². The van der Waals surface area contributed by atoms with E-state index in [0.717, 1.165) is 12.1 Å². The van der Waals surface area contributed by atoms with Crippen LogP contribution in [0.1, 0.15) is 23.6 Å². The molecule has 0 spiro atoms. The molecular formula is C36H29N6O10S2+. The Hall–Kier alpha value is -6.73. The van der Waals surface area contributed by atoms with E-state index in [1.807, 2.05) is 0 Å². The van der Waals surface area contributed by atoms with Gasteiger partial charge in [0.05, 0.1) is 27.9 Å². The molecule has 0 unspecified atom stereocenters. The molecule has 0 heterocycles. The number of carbonyl (C=O) groups is 1. The number of allylic oxidation sites excluding steroid dienone is 1. The molecule has 5 aromatic rings. The van der Waals surface area contributed by atoms with Crippen LogP contribution in [0.15, 0.2) is 145 Å². The highest BCUT2D eigenvalue weighted by Gasteiger charge is 2.18. The van der Waals surface area contributed by atoms with Gasteiger partial charge in [-0.2, -0.15) is 37.3 Å². The van der Waals surface area contributed by atoms with Gasteiger partial charge in [0.2, 0.25) is 0 Å². The molecule has 0 aliphatic rings. The Bertz CT molecular complexity index is 2570. The Morgan fingerprint density at radius 2 is 1.09 bits per heavy atom.